The minimum atomic E-state index is -0.280. The Kier molecular flexibility index (Phi) is 2.19. The summed E-state index contributed by atoms with van der Waals surface area (Å²) in [5.74, 6) is 0.133. The zero-order chi connectivity index (χ0) is 12.2. The molecular formula is C16H18O2. The number of carbonyl (C=O) groups is 1. The summed E-state index contributed by atoms with van der Waals surface area (Å²) in [5.41, 5.74) is 2.87. The molecule has 0 unspecified atom stereocenters. The summed E-state index contributed by atoms with van der Waals surface area (Å²) in [7, 11) is 0. The lowest BCUT2D eigenvalue weighted by atomic mass is 9.62. The molecular weight excluding hydrogens is 224 g/mol. The van der Waals surface area contributed by atoms with Crippen molar-refractivity contribution in [3.8, 4) is 0 Å². The van der Waals surface area contributed by atoms with E-state index in [4.69, 9.17) is 4.74 Å². The molecule has 1 spiro atoms. The number of fused-ring (bicyclic) bond motifs is 5. The highest BCUT2D eigenvalue weighted by Gasteiger charge is 2.51. The average molecular weight is 242 g/mol. The van der Waals surface area contributed by atoms with Crippen molar-refractivity contribution in [2.75, 3.05) is 0 Å². The molecule has 2 heteroatoms. The Hall–Kier alpha value is -1.15. The van der Waals surface area contributed by atoms with Gasteiger partial charge in [0.25, 0.3) is 0 Å². The van der Waals surface area contributed by atoms with Gasteiger partial charge in [-0.3, -0.25) is 4.79 Å². The molecule has 2 nitrogen and oxygen atoms in total. The molecule has 1 fully saturated rings. The van der Waals surface area contributed by atoms with Gasteiger partial charge < -0.3 is 4.74 Å². The van der Waals surface area contributed by atoms with E-state index in [0.29, 0.717) is 0 Å². The minimum absolute atomic E-state index is 0.127. The van der Waals surface area contributed by atoms with Gasteiger partial charge >= 0.3 is 0 Å². The fourth-order valence-corrected chi connectivity index (χ4v) is 4.24. The van der Waals surface area contributed by atoms with E-state index >= 15 is 0 Å². The van der Waals surface area contributed by atoms with Crippen LogP contribution in [-0.4, -0.2) is 18.0 Å². The molecule has 2 bridgehead atoms. The van der Waals surface area contributed by atoms with Crippen LogP contribution >= 0.6 is 0 Å². The first kappa shape index (κ1) is 10.7. The van der Waals surface area contributed by atoms with Crippen LogP contribution in [0.25, 0.3) is 0 Å². The van der Waals surface area contributed by atoms with Gasteiger partial charge in [-0.1, -0.05) is 37.5 Å². The first-order valence-electron chi connectivity index (χ1n) is 7.09. The van der Waals surface area contributed by atoms with E-state index in [9.17, 15) is 4.79 Å². The van der Waals surface area contributed by atoms with Crippen LogP contribution in [0.5, 0.6) is 0 Å². The van der Waals surface area contributed by atoms with Gasteiger partial charge in [0, 0.05) is 5.41 Å². The van der Waals surface area contributed by atoms with Gasteiger partial charge in [0.15, 0.2) is 5.78 Å². The van der Waals surface area contributed by atoms with Crippen molar-refractivity contribution in [1.82, 2.24) is 0 Å². The van der Waals surface area contributed by atoms with Crippen LogP contribution in [0, 0.1) is 5.41 Å². The third-order valence-corrected chi connectivity index (χ3v) is 5.09. The van der Waals surface area contributed by atoms with Gasteiger partial charge in [-0.2, -0.15) is 0 Å². The molecule has 94 valence electrons. The number of carbonyl (C=O) groups excluding carboxylic acids is 1. The third kappa shape index (κ3) is 1.24. The molecule has 0 N–H and O–H groups in total. The van der Waals surface area contributed by atoms with Crippen molar-refractivity contribution in [2.45, 2.75) is 50.7 Å². The minimum Gasteiger partial charge on any atom is -0.357 e. The van der Waals surface area contributed by atoms with Gasteiger partial charge in [-0.05, 0) is 36.5 Å². The largest absolute Gasteiger partial charge is 0.357 e. The smallest absolute Gasteiger partial charge is 0.188 e. The van der Waals surface area contributed by atoms with Crippen molar-refractivity contribution in [1.29, 1.82) is 0 Å². The van der Waals surface area contributed by atoms with Crippen LogP contribution in [0.1, 0.15) is 38.5 Å². The van der Waals surface area contributed by atoms with E-state index in [1.165, 1.54) is 43.3 Å². The Bertz CT molecular complexity index is 489. The Morgan fingerprint density at radius 2 is 2.00 bits per heavy atom. The molecule has 0 saturated heterocycles. The van der Waals surface area contributed by atoms with E-state index in [2.05, 4.69) is 12.2 Å². The highest BCUT2D eigenvalue weighted by molar-refractivity contribution is 5.97. The standard InChI is InChI=1S/C16H18O2/c17-13-7-8-14-16(9-2-1-3-10-16)12-6-4-5-11(12)15(13)18-14/h4,6-8,14-15H,1-3,5,9-10H2/t14-,15-/m1/s1. The Labute approximate surface area is 107 Å². The van der Waals surface area contributed by atoms with E-state index in [1.54, 1.807) is 6.08 Å². The summed E-state index contributed by atoms with van der Waals surface area (Å²) in [6, 6.07) is 0. The van der Waals surface area contributed by atoms with E-state index < -0.39 is 0 Å². The molecule has 1 saturated carbocycles. The number of rotatable bonds is 0. The van der Waals surface area contributed by atoms with Crippen LogP contribution in [0.4, 0.5) is 0 Å². The Morgan fingerprint density at radius 3 is 2.83 bits per heavy atom. The average Bonchev–Trinajstić information content (AvgIpc) is 2.89. The van der Waals surface area contributed by atoms with Gasteiger partial charge in [0.05, 0.1) is 6.10 Å². The van der Waals surface area contributed by atoms with Gasteiger partial charge in [-0.25, -0.2) is 0 Å². The van der Waals surface area contributed by atoms with Crippen molar-refractivity contribution in [3.63, 3.8) is 0 Å². The summed E-state index contributed by atoms with van der Waals surface area (Å²) in [5, 5.41) is 0. The molecule has 0 aromatic rings. The summed E-state index contributed by atoms with van der Waals surface area (Å²) >= 11 is 0. The lowest BCUT2D eigenvalue weighted by molar-refractivity contribution is -0.135. The Morgan fingerprint density at radius 1 is 1.17 bits per heavy atom. The highest BCUT2D eigenvalue weighted by Crippen LogP contribution is 2.54. The second-order valence-electron chi connectivity index (χ2n) is 5.96. The number of hydrogen-bond donors (Lipinski definition) is 0. The first-order valence-corrected chi connectivity index (χ1v) is 7.09. The molecule has 2 atom stereocenters. The second kappa shape index (κ2) is 3.67. The molecule has 18 heavy (non-hydrogen) atoms. The predicted octanol–water partition coefficient (Wildman–Crippen LogP) is 3.10. The highest BCUT2D eigenvalue weighted by atomic mass is 16.5. The molecule has 0 radical (unpaired) electrons. The van der Waals surface area contributed by atoms with Crippen LogP contribution in [-0.2, 0) is 9.53 Å². The summed E-state index contributed by atoms with van der Waals surface area (Å²) in [6.07, 6.45) is 15.4. The van der Waals surface area contributed by atoms with Crippen LogP contribution in [0.3, 0.4) is 0 Å². The number of allylic oxidation sites excluding steroid dienone is 2. The molecule has 0 aromatic carbocycles. The second-order valence-corrected chi connectivity index (χ2v) is 5.96. The lowest BCUT2D eigenvalue weighted by Crippen LogP contribution is -2.49. The van der Waals surface area contributed by atoms with Gasteiger partial charge in [0.2, 0.25) is 0 Å². The number of ketones is 1. The van der Waals surface area contributed by atoms with Crippen molar-refractivity contribution in [2.24, 2.45) is 5.41 Å². The molecule has 2 aliphatic carbocycles. The van der Waals surface area contributed by atoms with Crippen molar-refractivity contribution in [3.05, 3.63) is 35.5 Å². The van der Waals surface area contributed by atoms with Gasteiger partial charge in [-0.15, -0.1) is 0 Å². The summed E-state index contributed by atoms with van der Waals surface area (Å²) < 4.78 is 6.11. The first-order chi connectivity index (χ1) is 8.81. The van der Waals surface area contributed by atoms with Crippen LogP contribution in [0.2, 0.25) is 0 Å². The van der Waals surface area contributed by atoms with E-state index in [0.717, 1.165) is 6.42 Å². The molecule has 4 rings (SSSR count). The van der Waals surface area contributed by atoms with E-state index in [1.807, 2.05) is 6.08 Å². The SMILES string of the molecule is O=C1C=C[C@H]2O[C@@H]1C1=C(C=CC1)C21CCCCC1. The fourth-order valence-electron chi connectivity index (χ4n) is 4.24. The maximum atomic E-state index is 11.9. The van der Waals surface area contributed by atoms with E-state index in [-0.39, 0.29) is 23.4 Å². The zero-order valence-corrected chi connectivity index (χ0v) is 10.5. The molecule has 4 aliphatic rings. The number of hydrogen-bond acceptors (Lipinski definition) is 2. The van der Waals surface area contributed by atoms with Crippen LogP contribution in [0.15, 0.2) is 35.5 Å². The maximum Gasteiger partial charge on any atom is 0.188 e. The van der Waals surface area contributed by atoms with Crippen molar-refractivity contribution >= 4 is 5.78 Å². The van der Waals surface area contributed by atoms with Gasteiger partial charge in [0.1, 0.15) is 6.10 Å². The zero-order valence-electron chi connectivity index (χ0n) is 10.5. The topological polar surface area (TPSA) is 26.3 Å². The molecule has 0 aromatic heterocycles. The monoisotopic (exact) mass is 242 g/mol. The maximum absolute atomic E-state index is 11.9. The normalized spacial score (nSPS) is 36.3. The summed E-state index contributed by atoms with van der Waals surface area (Å²) in [6.45, 7) is 0. The predicted molar refractivity (Wildman–Crippen MR) is 69.1 cm³/mol. The van der Waals surface area contributed by atoms with Crippen molar-refractivity contribution < 1.29 is 9.53 Å². The molecule has 2 heterocycles. The number of ether oxygens (including phenoxy) is 1. The molecule has 2 aliphatic heterocycles. The lowest BCUT2D eigenvalue weighted by Gasteiger charge is -2.49. The van der Waals surface area contributed by atoms with Crippen LogP contribution < -0.4 is 0 Å². The third-order valence-electron chi connectivity index (χ3n) is 5.09. The quantitative estimate of drug-likeness (QED) is 0.652. The molecule has 0 amide bonds. The summed E-state index contributed by atoms with van der Waals surface area (Å²) in [4.78, 5) is 11.9. The fraction of sp³-hybridized carbons (Fsp3) is 0.562. The Balaban J connectivity index is 1.87.